The van der Waals surface area contributed by atoms with Gasteiger partial charge in [0.15, 0.2) is 0 Å². The van der Waals surface area contributed by atoms with Gasteiger partial charge in [0.25, 0.3) is 0 Å². The lowest BCUT2D eigenvalue weighted by molar-refractivity contribution is 0.177. The smallest absolute Gasteiger partial charge is 0.317 e. The van der Waals surface area contributed by atoms with Crippen LogP contribution < -0.4 is 5.32 Å². The van der Waals surface area contributed by atoms with Crippen LogP contribution in [-0.4, -0.2) is 35.7 Å². The normalized spacial score (nSPS) is 11.8. The maximum Gasteiger partial charge on any atom is 0.317 e. The maximum atomic E-state index is 13.6. The fourth-order valence-corrected chi connectivity index (χ4v) is 2.64. The molecule has 1 unspecified atom stereocenters. The van der Waals surface area contributed by atoms with E-state index in [1.807, 2.05) is 0 Å². The van der Waals surface area contributed by atoms with E-state index in [9.17, 15) is 13.6 Å². The molecule has 134 valence electrons. The Balaban J connectivity index is 2.24. The summed E-state index contributed by atoms with van der Waals surface area (Å²) in [6, 6.07) is 11.2. The van der Waals surface area contributed by atoms with Gasteiger partial charge in [0.05, 0.1) is 12.6 Å². The lowest BCUT2D eigenvalue weighted by Gasteiger charge is -2.25. The topological polar surface area (TPSA) is 52.6 Å². The molecule has 4 nitrogen and oxygen atoms in total. The molecular weight excluding hydrogens is 326 g/mol. The van der Waals surface area contributed by atoms with Gasteiger partial charge in [0.2, 0.25) is 0 Å². The largest absolute Gasteiger partial charge is 0.395 e. The van der Waals surface area contributed by atoms with Gasteiger partial charge in [0, 0.05) is 13.1 Å². The van der Waals surface area contributed by atoms with Crippen molar-refractivity contribution in [1.82, 2.24) is 10.2 Å². The third kappa shape index (κ3) is 5.53. The third-order valence-electron chi connectivity index (χ3n) is 3.92. The number of hydrogen-bond donors (Lipinski definition) is 2. The number of hydrogen-bond acceptors (Lipinski definition) is 2. The number of likely N-dealkylation sites (N-methyl/N-ethyl adjacent to an activating group) is 1. The Morgan fingerprint density at radius 1 is 1.16 bits per heavy atom. The van der Waals surface area contributed by atoms with Crippen LogP contribution in [0, 0.1) is 11.6 Å². The summed E-state index contributed by atoms with van der Waals surface area (Å²) < 4.78 is 27.0. The second-order valence-electron chi connectivity index (χ2n) is 5.69. The molecule has 0 radical (unpaired) electrons. The van der Waals surface area contributed by atoms with Gasteiger partial charge in [-0.3, -0.25) is 0 Å². The Hall–Kier alpha value is -2.47. The average molecular weight is 348 g/mol. The molecule has 2 aromatic rings. The van der Waals surface area contributed by atoms with Crippen LogP contribution >= 0.6 is 0 Å². The Kier molecular flexibility index (Phi) is 6.89. The Bertz CT molecular complexity index is 709. The minimum atomic E-state index is -0.516. The zero-order valence-corrected chi connectivity index (χ0v) is 14.1. The van der Waals surface area contributed by atoms with E-state index in [0.717, 1.165) is 0 Å². The van der Waals surface area contributed by atoms with Gasteiger partial charge < -0.3 is 15.3 Å². The Morgan fingerprint density at radius 3 is 2.44 bits per heavy atom. The molecule has 0 saturated heterocycles. The summed E-state index contributed by atoms with van der Waals surface area (Å²) in [6.45, 7) is 2.30. The zero-order chi connectivity index (χ0) is 18.2. The van der Waals surface area contributed by atoms with Crippen molar-refractivity contribution >= 4 is 6.03 Å². The van der Waals surface area contributed by atoms with E-state index >= 15 is 0 Å². The number of nitrogens with zero attached hydrogens (tertiary/aromatic N) is 1. The van der Waals surface area contributed by atoms with Crippen molar-refractivity contribution in [2.24, 2.45) is 0 Å². The molecule has 0 heterocycles. The van der Waals surface area contributed by atoms with Gasteiger partial charge in [-0.1, -0.05) is 24.3 Å². The number of carbonyl (C=O) groups is 1. The summed E-state index contributed by atoms with van der Waals surface area (Å²) in [5, 5.41) is 11.9. The molecule has 1 atom stereocenters. The number of rotatable bonds is 7. The van der Waals surface area contributed by atoms with E-state index in [2.05, 4.69) is 5.32 Å². The molecule has 0 aliphatic heterocycles. The summed E-state index contributed by atoms with van der Waals surface area (Å²) in [7, 11) is 0. The van der Waals surface area contributed by atoms with Crippen LogP contribution in [0.2, 0.25) is 0 Å². The highest BCUT2D eigenvalue weighted by atomic mass is 19.1. The van der Waals surface area contributed by atoms with E-state index in [-0.39, 0.29) is 25.0 Å². The number of amides is 2. The van der Waals surface area contributed by atoms with Gasteiger partial charge in [-0.15, -0.1) is 0 Å². The van der Waals surface area contributed by atoms with E-state index in [0.29, 0.717) is 24.1 Å². The number of carbonyl (C=O) groups excluding carboxylic acids is 1. The lowest BCUT2D eigenvalue weighted by Crippen LogP contribution is -2.43. The van der Waals surface area contributed by atoms with E-state index in [1.165, 1.54) is 29.2 Å². The summed E-state index contributed by atoms with van der Waals surface area (Å²) in [6.07, 6.45) is 0.323. The van der Waals surface area contributed by atoms with Crippen molar-refractivity contribution < 1.29 is 18.7 Å². The van der Waals surface area contributed by atoms with Crippen LogP contribution in [0.5, 0.6) is 0 Å². The predicted octanol–water partition coefficient (Wildman–Crippen LogP) is 3.27. The molecule has 0 spiro atoms. The van der Waals surface area contributed by atoms with E-state index in [1.54, 1.807) is 31.2 Å². The van der Waals surface area contributed by atoms with Crippen LogP contribution in [0.4, 0.5) is 13.6 Å². The average Bonchev–Trinajstić information content (AvgIpc) is 2.59. The molecule has 0 saturated carbocycles. The molecular formula is C19H22F2N2O2. The molecule has 25 heavy (non-hydrogen) atoms. The number of urea groups is 1. The summed E-state index contributed by atoms with van der Waals surface area (Å²) in [5.74, 6) is -0.768. The number of halogens is 2. The van der Waals surface area contributed by atoms with Gasteiger partial charge in [-0.25, -0.2) is 13.6 Å². The van der Waals surface area contributed by atoms with Gasteiger partial charge in [0.1, 0.15) is 11.6 Å². The van der Waals surface area contributed by atoms with Crippen LogP contribution in [-0.2, 0) is 6.42 Å². The number of aliphatic hydroxyl groups is 1. The zero-order valence-electron chi connectivity index (χ0n) is 14.1. The van der Waals surface area contributed by atoms with E-state index in [4.69, 9.17) is 5.11 Å². The fourth-order valence-electron chi connectivity index (χ4n) is 2.64. The highest BCUT2D eigenvalue weighted by Crippen LogP contribution is 2.20. The van der Waals surface area contributed by atoms with Crippen LogP contribution in [0.3, 0.4) is 0 Å². The van der Waals surface area contributed by atoms with Crippen molar-refractivity contribution in [2.75, 3.05) is 19.7 Å². The van der Waals surface area contributed by atoms with Gasteiger partial charge in [-0.2, -0.15) is 0 Å². The lowest BCUT2D eigenvalue weighted by atomic mass is 9.98. The van der Waals surface area contributed by atoms with Crippen LogP contribution in [0.15, 0.2) is 48.5 Å². The minimum absolute atomic E-state index is 0.143. The molecule has 2 rings (SSSR count). The maximum absolute atomic E-state index is 13.6. The van der Waals surface area contributed by atoms with Gasteiger partial charge >= 0.3 is 6.03 Å². The number of nitrogens with one attached hydrogen (secondary N) is 1. The van der Waals surface area contributed by atoms with Crippen molar-refractivity contribution in [1.29, 1.82) is 0 Å². The monoisotopic (exact) mass is 348 g/mol. The standard InChI is InChI=1S/C19H22F2N2O2/c1-2-23(9-10-24)19(25)22-18(15-6-4-8-17(21)13-15)12-14-5-3-7-16(20)11-14/h3-8,11,13,18,24H,2,9-10,12H2,1H3,(H,22,25). The van der Waals surface area contributed by atoms with Crippen molar-refractivity contribution in [3.63, 3.8) is 0 Å². The van der Waals surface area contributed by atoms with Crippen LogP contribution in [0.25, 0.3) is 0 Å². The molecule has 0 bridgehead atoms. The first kappa shape index (κ1) is 18.9. The van der Waals surface area contributed by atoms with Crippen molar-refractivity contribution in [2.45, 2.75) is 19.4 Å². The molecule has 0 fully saturated rings. The first-order valence-electron chi connectivity index (χ1n) is 8.19. The summed E-state index contributed by atoms with van der Waals surface area (Å²) >= 11 is 0. The first-order valence-corrected chi connectivity index (χ1v) is 8.19. The molecule has 2 amide bonds. The third-order valence-corrected chi connectivity index (χ3v) is 3.92. The highest BCUT2D eigenvalue weighted by Gasteiger charge is 2.19. The molecule has 0 aromatic heterocycles. The fraction of sp³-hybridized carbons (Fsp3) is 0.316. The second kappa shape index (κ2) is 9.13. The molecule has 0 aliphatic rings. The highest BCUT2D eigenvalue weighted by molar-refractivity contribution is 5.74. The van der Waals surface area contributed by atoms with Crippen LogP contribution in [0.1, 0.15) is 24.1 Å². The Labute approximate surface area is 146 Å². The van der Waals surface area contributed by atoms with E-state index < -0.39 is 11.9 Å². The SMILES string of the molecule is CCN(CCO)C(=O)NC(Cc1cccc(F)c1)c1cccc(F)c1. The second-order valence-corrected chi connectivity index (χ2v) is 5.69. The molecule has 2 aromatic carbocycles. The summed E-state index contributed by atoms with van der Waals surface area (Å²) in [5.41, 5.74) is 1.29. The molecule has 0 aliphatic carbocycles. The number of benzene rings is 2. The Morgan fingerprint density at radius 2 is 1.84 bits per heavy atom. The quantitative estimate of drug-likeness (QED) is 0.807. The summed E-state index contributed by atoms with van der Waals surface area (Å²) in [4.78, 5) is 13.9. The number of aliphatic hydroxyl groups excluding tert-OH is 1. The van der Waals surface area contributed by atoms with Crippen molar-refractivity contribution in [3.8, 4) is 0 Å². The predicted molar refractivity (Wildman–Crippen MR) is 92.1 cm³/mol. The van der Waals surface area contributed by atoms with Gasteiger partial charge in [-0.05, 0) is 48.7 Å². The minimum Gasteiger partial charge on any atom is -0.395 e. The molecule has 2 N–H and O–H groups in total. The first-order chi connectivity index (χ1) is 12.0. The van der Waals surface area contributed by atoms with Crippen molar-refractivity contribution in [3.05, 3.63) is 71.3 Å². The molecule has 6 heteroatoms.